The fourth-order valence-corrected chi connectivity index (χ4v) is 2.34. The number of nitrogens with zero attached hydrogens (tertiary/aromatic N) is 2. The number of carbonyl (C=O) groups is 1. The van der Waals surface area contributed by atoms with E-state index in [1.807, 2.05) is 37.8 Å². The lowest BCUT2D eigenvalue weighted by Gasteiger charge is -2.22. The molecule has 0 aliphatic rings. The Bertz CT molecular complexity index is 596. The number of aryl methyl sites for hydroxylation is 3. The molecule has 0 aliphatic carbocycles. The van der Waals surface area contributed by atoms with Gasteiger partial charge in [0.1, 0.15) is 0 Å². The number of H-pyrrole nitrogens is 1. The molecular weight excluding hydrogens is 250 g/mol. The van der Waals surface area contributed by atoms with Gasteiger partial charge in [0, 0.05) is 18.8 Å². The molecule has 0 aliphatic heterocycles. The summed E-state index contributed by atoms with van der Waals surface area (Å²) in [4.78, 5) is 14.5. The average molecular weight is 271 g/mol. The van der Waals surface area contributed by atoms with Crippen molar-refractivity contribution in [3.05, 3.63) is 52.3 Å². The minimum Gasteiger partial charge on any atom is -0.334 e. The number of hydrogen-bond donors (Lipinski definition) is 1. The highest BCUT2D eigenvalue weighted by Gasteiger charge is 2.21. The minimum atomic E-state index is 0.0412. The van der Waals surface area contributed by atoms with Crippen LogP contribution in [0.25, 0.3) is 0 Å². The first-order chi connectivity index (χ1) is 9.54. The van der Waals surface area contributed by atoms with Crippen molar-refractivity contribution in [3.8, 4) is 0 Å². The Hall–Kier alpha value is -2.10. The molecule has 0 radical (unpaired) electrons. The van der Waals surface area contributed by atoms with Crippen molar-refractivity contribution in [3.63, 3.8) is 0 Å². The van der Waals surface area contributed by atoms with Gasteiger partial charge in [-0.15, -0.1) is 0 Å². The maximum Gasteiger partial charge on any atom is 0.257 e. The van der Waals surface area contributed by atoms with Gasteiger partial charge in [0.2, 0.25) is 0 Å². The van der Waals surface area contributed by atoms with Crippen molar-refractivity contribution < 1.29 is 4.79 Å². The highest BCUT2D eigenvalue weighted by atomic mass is 16.2. The molecule has 0 atom stereocenters. The number of rotatable bonds is 4. The Morgan fingerprint density at radius 1 is 1.25 bits per heavy atom. The van der Waals surface area contributed by atoms with Gasteiger partial charge in [0.05, 0.1) is 11.3 Å². The fraction of sp³-hybridized carbons (Fsp3) is 0.375. The molecule has 4 nitrogen and oxygen atoms in total. The highest BCUT2D eigenvalue weighted by molar-refractivity contribution is 5.96. The molecule has 0 spiro atoms. The maximum absolute atomic E-state index is 12.7. The van der Waals surface area contributed by atoms with E-state index >= 15 is 0 Å². The Morgan fingerprint density at radius 2 is 1.95 bits per heavy atom. The third-order valence-electron chi connectivity index (χ3n) is 3.63. The summed E-state index contributed by atoms with van der Waals surface area (Å²) in [7, 11) is 0. The number of carbonyl (C=O) groups excluding carboxylic acids is 1. The molecular formula is C16H21N3O. The lowest BCUT2D eigenvalue weighted by Crippen LogP contribution is -2.31. The van der Waals surface area contributed by atoms with Crippen molar-refractivity contribution in [2.75, 3.05) is 6.54 Å². The summed E-state index contributed by atoms with van der Waals surface area (Å²) < 4.78 is 0. The van der Waals surface area contributed by atoms with E-state index in [0.717, 1.165) is 11.4 Å². The number of aromatic nitrogens is 2. The van der Waals surface area contributed by atoms with Gasteiger partial charge in [-0.2, -0.15) is 5.10 Å². The molecule has 4 heteroatoms. The van der Waals surface area contributed by atoms with E-state index in [4.69, 9.17) is 0 Å². The van der Waals surface area contributed by atoms with Crippen LogP contribution in [-0.2, 0) is 6.54 Å². The number of benzene rings is 1. The van der Waals surface area contributed by atoms with Gasteiger partial charge in [-0.25, -0.2) is 0 Å². The topological polar surface area (TPSA) is 49.0 Å². The zero-order chi connectivity index (χ0) is 14.7. The smallest absolute Gasteiger partial charge is 0.257 e. The second kappa shape index (κ2) is 5.90. The molecule has 0 unspecified atom stereocenters. The molecule has 2 rings (SSSR count). The van der Waals surface area contributed by atoms with Crippen molar-refractivity contribution >= 4 is 5.91 Å². The first-order valence-corrected chi connectivity index (χ1v) is 6.90. The predicted octanol–water partition coefficient (Wildman–Crippen LogP) is 3.00. The molecule has 0 saturated heterocycles. The average Bonchev–Trinajstić information content (AvgIpc) is 2.76. The van der Waals surface area contributed by atoms with Crippen LogP contribution in [0.3, 0.4) is 0 Å². The summed E-state index contributed by atoms with van der Waals surface area (Å²) >= 11 is 0. The summed E-state index contributed by atoms with van der Waals surface area (Å²) in [6.45, 7) is 9.12. The van der Waals surface area contributed by atoms with Gasteiger partial charge in [-0.3, -0.25) is 9.89 Å². The Labute approximate surface area is 119 Å². The minimum absolute atomic E-state index is 0.0412. The zero-order valence-corrected chi connectivity index (χ0v) is 12.5. The van der Waals surface area contributed by atoms with E-state index < -0.39 is 0 Å². The molecule has 20 heavy (non-hydrogen) atoms. The normalized spacial score (nSPS) is 10.6. The molecule has 1 heterocycles. The standard InChI is InChI=1S/C16H21N3O/c1-5-19(10-14-9-7-6-8-11(14)2)16(20)15-12(3)17-18-13(15)4/h6-9H,5,10H2,1-4H3,(H,17,18). The van der Waals surface area contributed by atoms with Crippen molar-refractivity contribution in [2.45, 2.75) is 34.2 Å². The van der Waals surface area contributed by atoms with Crippen LogP contribution in [0.5, 0.6) is 0 Å². The molecule has 1 amide bonds. The Balaban J connectivity index is 2.25. The highest BCUT2D eigenvalue weighted by Crippen LogP contribution is 2.16. The summed E-state index contributed by atoms with van der Waals surface area (Å²) in [5.74, 6) is 0.0412. The third-order valence-corrected chi connectivity index (χ3v) is 3.63. The van der Waals surface area contributed by atoms with Crippen molar-refractivity contribution in [1.82, 2.24) is 15.1 Å². The lowest BCUT2D eigenvalue weighted by atomic mass is 10.1. The summed E-state index contributed by atoms with van der Waals surface area (Å²) in [6, 6.07) is 8.17. The molecule has 0 bridgehead atoms. The third kappa shape index (κ3) is 2.74. The van der Waals surface area contributed by atoms with E-state index in [1.165, 1.54) is 11.1 Å². The monoisotopic (exact) mass is 271 g/mol. The van der Waals surface area contributed by atoms with E-state index in [2.05, 4.69) is 29.3 Å². The van der Waals surface area contributed by atoms with Gasteiger partial charge >= 0.3 is 0 Å². The van der Waals surface area contributed by atoms with Crippen LogP contribution in [-0.4, -0.2) is 27.5 Å². The molecule has 1 N–H and O–H groups in total. The molecule has 1 aromatic carbocycles. The van der Waals surface area contributed by atoms with Gasteiger partial charge in [-0.05, 0) is 38.8 Å². The first kappa shape index (κ1) is 14.3. The van der Waals surface area contributed by atoms with Crippen LogP contribution < -0.4 is 0 Å². The summed E-state index contributed by atoms with van der Waals surface area (Å²) in [6.07, 6.45) is 0. The van der Waals surface area contributed by atoms with Crippen LogP contribution in [0.2, 0.25) is 0 Å². The molecule has 0 saturated carbocycles. The second-order valence-electron chi connectivity index (χ2n) is 5.05. The van der Waals surface area contributed by atoms with Gasteiger partial charge in [-0.1, -0.05) is 24.3 Å². The van der Waals surface area contributed by atoms with E-state index in [9.17, 15) is 4.79 Å². The number of nitrogens with one attached hydrogen (secondary N) is 1. The molecule has 1 aromatic heterocycles. The first-order valence-electron chi connectivity index (χ1n) is 6.90. The quantitative estimate of drug-likeness (QED) is 0.929. The van der Waals surface area contributed by atoms with Gasteiger partial charge < -0.3 is 4.90 Å². The predicted molar refractivity (Wildman–Crippen MR) is 79.7 cm³/mol. The van der Waals surface area contributed by atoms with Gasteiger partial charge in [0.15, 0.2) is 0 Å². The summed E-state index contributed by atoms with van der Waals surface area (Å²) in [5, 5.41) is 6.98. The van der Waals surface area contributed by atoms with Crippen molar-refractivity contribution in [1.29, 1.82) is 0 Å². The van der Waals surface area contributed by atoms with E-state index in [1.54, 1.807) is 0 Å². The van der Waals surface area contributed by atoms with Crippen LogP contribution in [0, 0.1) is 20.8 Å². The fourth-order valence-electron chi connectivity index (χ4n) is 2.34. The lowest BCUT2D eigenvalue weighted by molar-refractivity contribution is 0.0751. The van der Waals surface area contributed by atoms with E-state index in [0.29, 0.717) is 18.7 Å². The van der Waals surface area contributed by atoms with Crippen LogP contribution in [0.4, 0.5) is 0 Å². The number of hydrogen-bond acceptors (Lipinski definition) is 2. The summed E-state index contributed by atoms with van der Waals surface area (Å²) in [5.41, 5.74) is 4.67. The number of aromatic amines is 1. The van der Waals surface area contributed by atoms with Crippen molar-refractivity contribution in [2.24, 2.45) is 0 Å². The number of amides is 1. The van der Waals surface area contributed by atoms with Crippen LogP contribution >= 0.6 is 0 Å². The zero-order valence-electron chi connectivity index (χ0n) is 12.5. The SMILES string of the molecule is CCN(Cc1ccccc1C)C(=O)c1c(C)n[nH]c1C. The molecule has 106 valence electrons. The Morgan fingerprint density at radius 3 is 2.50 bits per heavy atom. The van der Waals surface area contributed by atoms with Crippen LogP contribution in [0.1, 0.15) is 39.8 Å². The Kier molecular flexibility index (Phi) is 4.23. The second-order valence-corrected chi connectivity index (χ2v) is 5.05. The largest absolute Gasteiger partial charge is 0.334 e. The maximum atomic E-state index is 12.7. The molecule has 0 fully saturated rings. The van der Waals surface area contributed by atoms with Crippen LogP contribution in [0.15, 0.2) is 24.3 Å². The van der Waals surface area contributed by atoms with Gasteiger partial charge in [0.25, 0.3) is 5.91 Å². The molecule has 2 aromatic rings. The van der Waals surface area contributed by atoms with E-state index in [-0.39, 0.29) is 5.91 Å².